The van der Waals surface area contributed by atoms with E-state index >= 15 is 0 Å². The maximum absolute atomic E-state index is 12.6. The van der Waals surface area contributed by atoms with Crippen molar-refractivity contribution < 1.29 is 9.59 Å². The van der Waals surface area contributed by atoms with Crippen molar-refractivity contribution in [3.05, 3.63) is 92.1 Å². The number of benzene rings is 2. The van der Waals surface area contributed by atoms with E-state index in [1.54, 1.807) is 24.3 Å². The third-order valence-electron chi connectivity index (χ3n) is 5.26. The van der Waals surface area contributed by atoms with Crippen LogP contribution in [0.25, 0.3) is 0 Å². The summed E-state index contributed by atoms with van der Waals surface area (Å²) in [4.78, 5) is 25.1. The molecule has 158 valence electrons. The first-order chi connectivity index (χ1) is 14.8. The number of dihydropyridines is 1. The number of carbonyl (C=O) groups excluding carboxylic acids is 2. The average Bonchev–Trinajstić information content (AvgIpc) is 2.77. The number of halogens is 1. The second-order valence-corrected chi connectivity index (χ2v) is 8.74. The van der Waals surface area contributed by atoms with Crippen LogP contribution in [-0.2, 0) is 11.2 Å². The number of hydrogen-bond acceptors (Lipinski definition) is 5. The molecule has 1 aliphatic rings. The second-order valence-electron chi connectivity index (χ2n) is 7.32. The Morgan fingerprint density at radius 2 is 1.77 bits per heavy atom. The Hall–Kier alpha value is -2.81. The molecule has 1 heterocycles. The molecule has 0 saturated heterocycles. The van der Waals surface area contributed by atoms with E-state index in [-0.39, 0.29) is 17.3 Å². The molecule has 0 radical (unpaired) electrons. The Labute approximate surface area is 192 Å². The van der Waals surface area contributed by atoms with Gasteiger partial charge in [0.15, 0.2) is 11.6 Å². The SMILES string of the molecule is CCc1ccc([C@@H]2C(C#N)=C(SCC(=O)c3ccc(Cl)cc3)NC(C)=C2C(C)=O)cc1. The number of ketones is 2. The van der Waals surface area contributed by atoms with Crippen LogP contribution in [0.3, 0.4) is 0 Å². The van der Waals surface area contributed by atoms with Gasteiger partial charge in [-0.25, -0.2) is 0 Å². The van der Waals surface area contributed by atoms with Crippen LogP contribution in [0, 0.1) is 11.3 Å². The van der Waals surface area contributed by atoms with Crippen molar-refractivity contribution in [2.24, 2.45) is 0 Å². The van der Waals surface area contributed by atoms with Gasteiger partial charge in [-0.1, -0.05) is 54.6 Å². The highest BCUT2D eigenvalue weighted by Crippen LogP contribution is 2.41. The second kappa shape index (κ2) is 10.00. The summed E-state index contributed by atoms with van der Waals surface area (Å²) in [6.45, 7) is 5.43. The van der Waals surface area contributed by atoms with Crippen LogP contribution in [-0.4, -0.2) is 17.3 Å². The smallest absolute Gasteiger partial charge is 0.173 e. The molecule has 0 aromatic heterocycles. The summed E-state index contributed by atoms with van der Waals surface area (Å²) in [5.74, 6) is -0.429. The molecular weight excluding hydrogens is 428 g/mol. The van der Waals surface area contributed by atoms with Gasteiger partial charge in [-0.2, -0.15) is 5.26 Å². The first-order valence-electron chi connectivity index (χ1n) is 9.99. The summed E-state index contributed by atoms with van der Waals surface area (Å²) in [6.07, 6.45) is 0.912. The molecule has 0 fully saturated rings. The molecule has 6 heteroatoms. The van der Waals surface area contributed by atoms with Gasteiger partial charge in [0, 0.05) is 21.9 Å². The fraction of sp³-hybridized carbons (Fsp3) is 0.240. The van der Waals surface area contributed by atoms with Crippen molar-refractivity contribution in [3.8, 4) is 6.07 Å². The number of nitriles is 1. The minimum atomic E-state index is -0.456. The van der Waals surface area contributed by atoms with Gasteiger partial charge in [-0.05, 0) is 55.7 Å². The summed E-state index contributed by atoms with van der Waals surface area (Å²) in [7, 11) is 0. The highest BCUT2D eigenvalue weighted by Gasteiger charge is 2.33. The molecule has 0 amide bonds. The van der Waals surface area contributed by atoms with E-state index in [9.17, 15) is 14.9 Å². The summed E-state index contributed by atoms with van der Waals surface area (Å²) in [6, 6.07) is 17.0. The summed E-state index contributed by atoms with van der Waals surface area (Å²) >= 11 is 7.18. The van der Waals surface area contributed by atoms with Crippen LogP contribution in [0.5, 0.6) is 0 Å². The van der Waals surface area contributed by atoms with E-state index in [0.717, 1.165) is 12.0 Å². The van der Waals surface area contributed by atoms with Crippen LogP contribution in [0.4, 0.5) is 0 Å². The minimum Gasteiger partial charge on any atom is -0.353 e. The van der Waals surface area contributed by atoms with E-state index in [2.05, 4.69) is 18.3 Å². The molecule has 1 N–H and O–H groups in total. The van der Waals surface area contributed by atoms with Crippen molar-refractivity contribution in [2.45, 2.75) is 33.1 Å². The molecule has 0 spiro atoms. The van der Waals surface area contributed by atoms with Crippen molar-refractivity contribution in [3.63, 3.8) is 0 Å². The van der Waals surface area contributed by atoms with Crippen molar-refractivity contribution in [1.29, 1.82) is 5.26 Å². The van der Waals surface area contributed by atoms with Crippen molar-refractivity contribution in [2.75, 3.05) is 5.75 Å². The van der Waals surface area contributed by atoms with Crippen LogP contribution in [0.15, 0.2) is 70.4 Å². The minimum absolute atomic E-state index is 0.0592. The van der Waals surface area contributed by atoms with Gasteiger partial charge in [0.2, 0.25) is 0 Å². The highest BCUT2D eigenvalue weighted by molar-refractivity contribution is 8.03. The number of nitrogens with zero attached hydrogens (tertiary/aromatic N) is 1. The molecule has 0 saturated carbocycles. The predicted octanol–water partition coefficient (Wildman–Crippen LogP) is 5.80. The van der Waals surface area contributed by atoms with Gasteiger partial charge in [0.25, 0.3) is 0 Å². The van der Waals surface area contributed by atoms with Gasteiger partial charge < -0.3 is 5.32 Å². The third kappa shape index (κ3) is 5.10. The van der Waals surface area contributed by atoms with Gasteiger partial charge >= 0.3 is 0 Å². The normalized spacial score (nSPS) is 16.0. The summed E-state index contributed by atoms with van der Waals surface area (Å²) < 4.78 is 0. The maximum atomic E-state index is 12.6. The lowest BCUT2D eigenvalue weighted by Gasteiger charge is -2.29. The standard InChI is InChI=1S/C25H23ClN2O2S/c1-4-17-5-7-19(8-6-17)24-21(13-27)25(28-15(2)23(24)16(3)29)31-14-22(30)18-9-11-20(26)12-10-18/h5-12,24,28H,4,14H2,1-3H3/t24-/m1/s1. The Balaban J connectivity index is 1.94. The van der Waals surface area contributed by atoms with Crippen molar-refractivity contribution in [1.82, 2.24) is 5.32 Å². The molecule has 2 aromatic rings. The van der Waals surface area contributed by atoms with Gasteiger partial charge in [0.05, 0.1) is 28.3 Å². The zero-order valence-electron chi connectivity index (χ0n) is 17.7. The van der Waals surface area contributed by atoms with Crippen LogP contribution >= 0.6 is 23.4 Å². The number of thioether (sulfide) groups is 1. The molecule has 4 nitrogen and oxygen atoms in total. The molecule has 31 heavy (non-hydrogen) atoms. The van der Waals surface area contributed by atoms with E-state index in [4.69, 9.17) is 11.6 Å². The zero-order valence-corrected chi connectivity index (χ0v) is 19.2. The lowest BCUT2D eigenvalue weighted by atomic mass is 9.81. The van der Waals surface area contributed by atoms with Gasteiger partial charge in [0.1, 0.15) is 0 Å². The number of nitrogens with one attached hydrogen (secondary N) is 1. The van der Waals surface area contributed by atoms with Crippen LogP contribution in [0.2, 0.25) is 5.02 Å². The average molecular weight is 451 g/mol. The lowest BCUT2D eigenvalue weighted by molar-refractivity contribution is -0.113. The largest absolute Gasteiger partial charge is 0.353 e. The Morgan fingerprint density at radius 1 is 1.13 bits per heavy atom. The molecule has 2 aromatic carbocycles. The molecule has 3 rings (SSSR count). The number of Topliss-reactive ketones (excluding diaryl/α,β-unsaturated/α-hetero) is 2. The number of aryl methyl sites for hydroxylation is 1. The van der Waals surface area contributed by atoms with E-state index in [1.165, 1.54) is 24.2 Å². The zero-order chi connectivity index (χ0) is 22.5. The first kappa shape index (κ1) is 22.9. The number of allylic oxidation sites excluding steroid dienone is 3. The van der Waals surface area contributed by atoms with E-state index in [1.807, 2.05) is 31.2 Å². The number of rotatable bonds is 7. The van der Waals surface area contributed by atoms with Gasteiger partial charge in [-0.3, -0.25) is 9.59 Å². The summed E-state index contributed by atoms with van der Waals surface area (Å²) in [5.41, 5.74) is 4.38. The topological polar surface area (TPSA) is 70.0 Å². The molecule has 0 aliphatic carbocycles. The van der Waals surface area contributed by atoms with E-state index < -0.39 is 5.92 Å². The fourth-order valence-corrected chi connectivity index (χ4v) is 4.74. The lowest BCUT2D eigenvalue weighted by Crippen LogP contribution is -2.27. The molecule has 0 unspecified atom stereocenters. The Bertz CT molecular complexity index is 1110. The maximum Gasteiger partial charge on any atom is 0.173 e. The Kier molecular flexibility index (Phi) is 7.37. The highest BCUT2D eigenvalue weighted by atomic mass is 35.5. The Morgan fingerprint density at radius 3 is 2.32 bits per heavy atom. The van der Waals surface area contributed by atoms with Gasteiger partial charge in [-0.15, -0.1) is 0 Å². The quantitative estimate of drug-likeness (QED) is 0.539. The fourth-order valence-electron chi connectivity index (χ4n) is 3.63. The number of carbonyl (C=O) groups is 2. The monoisotopic (exact) mass is 450 g/mol. The third-order valence-corrected chi connectivity index (χ3v) is 6.53. The predicted molar refractivity (Wildman–Crippen MR) is 126 cm³/mol. The molecular formula is C25H23ClN2O2S. The van der Waals surface area contributed by atoms with E-state index in [0.29, 0.717) is 32.5 Å². The summed E-state index contributed by atoms with van der Waals surface area (Å²) in [5, 5.41) is 14.4. The van der Waals surface area contributed by atoms with Crippen molar-refractivity contribution >= 4 is 34.9 Å². The van der Waals surface area contributed by atoms with Crippen LogP contribution in [0.1, 0.15) is 48.2 Å². The molecule has 0 bridgehead atoms. The molecule has 1 atom stereocenters. The molecule has 1 aliphatic heterocycles. The van der Waals surface area contributed by atoms with Crippen LogP contribution < -0.4 is 5.32 Å². The first-order valence-corrected chi connectivity index (χ1v) is 11.4. The number of hydrogen-bond donors (Lipinski definition) is 1.